The molecular weight excluding hydrogens is 268 g/mol. The molecule has 6 nitrogen and oxygen atoms in total. The molecule has 0 N–H and O–H groups in total. The van der Waals surface area contributed by atoms with Crippen molar-refractivity contribution in [2.24, 2.45) is 0 Å². The average Bonchev–Trinajstić information content (AvgIpc) is 3.12. The van der Waals surface area contributed by atoms with Crippen molar-refractivity contribution in [2.75, 3.05) is 13.2 Å². The van der Waals surface area contributed by atoms with Crippen molar-refractivity contribution in [2.45, 2.75) is 39.0 Å². The van der Waals surface area contributed by atoms with Gasteiger partial charge in [0.1, 0.15) is 0 Å². The SMILES string of the molecule is Cc1nc(CN(Cc2cccnc2)CC2CCCO2)no1. The van der Waals surface area contributed by atoms with Crippen LogP contribution in [0.1, 0.15) is 30.1 Å². The van der Waals surface area contributed by atoms with Crippen molar-refractivity contribution in [1.29, 1.82) is 0 Å². The van der Waals surface area contributed by atoms with Gasteiger partial charge in [0.05, 0.1) is 12.6 Å². The van der Waals surface area contributed by atoms with Crippen LogP contribution in [0, 0.1) is 6.92 Å². The molecule has 0 amide bonds. The van der Waals surface area contributed by atoms with Crippen LogP contribution in [0.4, 0.5) is 0 Å². The molecule has 0 saturated carbocycles. The molecule has 1 unspecified atom stereocenters. The standard InChI is InChI=1S/C15H20N4O2/c1-12-17-15(18-21-12)11-19(10-14-5-3-7-20-14)9-13-4-2-6-16-8-13/h2,4,6,8,14H,3,5,7,9-11H2,1H3. The molecule has 6 heteroatoms. The zero-order chi connectivity index (χ0) is 14.5. The van der Waals surface area contributed by atoms with Crippen LogP contribution in [0.3, 0.4) is 0 Å². The third-order valence-corrected chi connectivity index (χ3v) is 3.55. The Morgan fingerprint density at radius 3 is 3.00 bits per heavy atom. The third-order valence-electron chi connectivity index (χ3n) is 3.55. The second kappa shape index (κ2) is 6.78. The van der Waals surface area contributed by atoms with Crippen LogP contribution in [0.5, 0.6) is 0 Å². The monoisotopic (exact) mass is 288 g/mol. The smallest absolute Gasteiger partial charge is 0.223 e. The van der Waals surface area contributed by atoms with Crippen molar-refractivity contribution in [1.82, 2.24) is 20.0 Å². The van der Waals surface area contributed by atoms with E-state index in [1.807, 2.05) is 19.2 Å². The molecule has 1 aliphatic heterocycles. The number of hydrogen-bond donors (Lipinski definition) is 0. The minimum absolute atomic E-state index is 0.301. The van der Waals surface area contributed by atoms with Gasteiger partial charge in [-0.15, -0.1) is 0 Å². The lowest BCUT2D eigenvalue weighted by atomic mass is 10.2. The van der Waals surface area contributed by atoms with E-state index in [-0.39, 0.29) is 0 Å². The fraction of sp³-hybridized carbons (Fsp3) is 0.533. The minimum atomic E-state index is 0.301. The van der Waals surface area contributed by atoms with E-state index in [1.165, 1.54) is 5.56 Å². The molecule has 112 valence electrons. The van der Waals surface area contributed by atoms with Crippen molar-refractivity contribution in [3.8, 4) is 0 Å². The van der Waals surface area contributed by atoms with E-state index in [0.29, 0.717) is 18.5 Å². The van der Waals surface area contributed by atoms with E-state index in [0.717, 1.165) is 38.4 Å². The number of aromatic nitrogens is 3. The largest absolute Gasteiger partial charge is 0.377 e. The van der Waals surface area contributed by atoms with Gasteiger partial charge in [0, 0.05) is 39.0 Å². The summed E-state index contributed by atoms with van der Waals surface area (Å²) >= 11 is 0. The van der Waals surface area contributed by atoms with Gasteiger partial charge in [0.15, 0.2) is 5.82 Å². The number of aryl methyl sites for hydroxylation is 1. The fourth-order valence-corrected chi connectivity index (χ4v) is 2.62. The topological polar surface area (TPSA) is 64.3 Å². The summed E-state index contributed by atoms with van der Waals surface area (Å²) in [5.41, 5.74) is 1.18. The first kappa shape index (κ1) is 14.2. The Hall–Kier alpha value is -1.79. The van der Waals surface area contributed by atoms with Crippen LogP contribution in [-0.4, -0.2) is 39.3 Å². The number of hydrogen-bond acceptors (Lipinski definition) is 6. The Labute approximate surface area is 124 Å². The molecule has 1 atom stereocenters. The average molecular weight is 288 g/mol. The summed E-state index contributed by atoms with van der Waals surface area (Å²) in [6.45, 7) is 5.02. The summed E-state index contributed by atoms with van der Waals surface area (Å²) in [5, 5.41) is 3.99. The normalized spacial score (nSPS) is 18.5. The van der Waals surface area contributed by atoms with Crippen molar-refractivity contribution in [3.63, 3.8) is 0 Å². The Morgan fingerprint density at radius 2 is 2.33 bits per heavy atom. The lowest BCUT2D eigenvalue weighted by Gasteiger charge is -2.23. The van der Waals surface area contributed by atoms with E-state index in [1.54, 1.807) is 6.20 Å². The zero-order valence-electron chi connectivity index (χ0n) is 12.2. The predicted molar refractivity (Wildman–Crippen MR) is 76.4 cm³/mol. The maximum Gasteiger partial charge on any atom is 0.223 e. The van der Waals surface area contributed by atoms with Gasteiger partial charge >= 0.3 is 0 Å². The maximum absolute atomic E-state index is 5.74. The molecule has 1 fully saturated rings. The minimum Gasteiger partial charge on any atom is -0.377 e. The number of nitrogens with zero attached hydrogens (tertiary/aromatic N) is 4. The van der Waals surface area contributed by atoms with E-state index in [2.05, 4.69) is 26.1 Å². The molecule has 0 aromatic carbocycles. The van der Waals surface area contributed by atoms with E-state index < -0.39 is 0 Å². The van der Waals surface area contributed by atoms with Gasteiger partial charge in [0.25, 0.3) is 0 Å². The van der Waals surface area contributed by atoms with Gasteiger partial charge < -0.3 is 9.26 Å². The lowest BCUT2D eigenvalue weighted by Crippen LogP contribution is -2.31. The van der Waals surface area contributed by atoms with Crippen LogP contribution in [0.25, 0.3) is 0 Å². The molecule has 0 bridgehead atoms. The molecule has 0 radical (unpaired) electrons. The fourth-order valence-electron chi connectivity index (χ4n) is 2.62. The van der Waals surface area contributed by atoms with Crippen LogP contribution >= 0.6 is 0 Å². The van der Waals surface area contributed by atoms with Crippen LogP contribution < -0.4 is 0 Å². The van der Waals surface area contributed by atoms with Gasteiger partial charge in [-0.05, 0) is 24.5 Å². The molecule has 2 aromatic heterocycles. The predicted octanol–water partition coefficient (Wildman–Crippen LogP) is 1.95. The molecule has 1 aliphatic rings. The van der Waals surface area contributed by atoms with Gasteiger partial charge in [-0.1, -0.05) is 11.2 Å². The van der Waals surface area contributed by atoms with Crippen molar-refractivity contribution >= 4 is 0 Å². The molecule has 21 heavy (non-hydrogen) atoms. The molecule has 3 rings (SSSR count). The molecule has 1 saturated heterocycles. The number of rotatable bonds is 6. The Bertz CT molecular complexity index is 552. The molecule has 0 spiro atoms. The summed E-state index contributed by atoms with van der Waals surface area (Å²) in [6, 6.07) is 4.04. The van der Waals surface area contributed by atoms with Gasteiger partial charge in [-0.2, -0.15) is 4.98 Å². The quantitative estimate of drug-likeness (QED) is 0.809. The number of ether oxygens (including phenoxy) is 1. The zero-order valence-corrected chi connectivity index (χ0v) is 12.2. The van der Waals surface area contributed by atoms with E-state index in [9.17, 15) is 0 Å². The number of pyridine rings is 1. The van der Waals surface area contributed by atoms with Crippen molar-refractivity contribution < 1.29 is 9.26 Å². The summed E-state index contributed by atoms with van der Waals surface area (Å²) in [4.78, 5) is 10.8. The lowest BCUT2D eigenvalue weighted by molar-refractivity contribution is 0.0667. The van der Waals surface area contributed by atoms with Gasteiger partial charge in [-0.3, -0.25) is 9.88 Å². The van der Waals surface area contributed by atoms with Crippen molar-refractivity contribution in [3.05, 3.63) is 41.8 Å². The van der Waals surface area contributed by atoms with Crippen LogP contribution in [0.15, 0.2) is 29.0 Å². The summed E-state index contributed by atoms with van der Waals surface area (Å²) < 4.78 is 10.8. The Kier molecular flexibility index (Phi) is 4.57. The second-order valence-corrected chi connectivity index (χ2v) is 5.40. The van der Waals surface area contributed by atoms with Crippen LogP contribution in [-0.2, 0) is 17.8 Å². The summed E-state index contributed by atoms with van der Waals surface area (Å²) in [7, 11) is 0. The Balaban J connectivity index is 1.67. The van der Waals surface area contributed by atoms with Crippen LogP contribution in [0.2, 0.25) is 0 Å². The first-order chi connectivity index (χ1) is 10.3. The molecular formula is C15H20N4O2. The Morgan fingerprint density at radius 1 is 1.38 bits per heavy atom. The highest BCUT2D eigenvalue weighted by atomic mass is 16.5. The first-order valence-corrected chi connectivity index (χ1v) is 7.31. The summed E-state index contributed by atoms with van der Waals surface area (Å²) in [5.74, 6) is 1.32. The highest BCUT2D eigenvalue weighted by Gasteiger charge is 2.20. The highest BCUT2D eigenvalue weighted by Crippen LogP contribution is 2.16. The highest BCUT2D eigenvalue weighted by molar-refractivity contribution is 5.08. The first-order valence-electron chi connectivity index (χ1n) is 7.31. The second-order valence-electron chi connectivity index (χ2n) is 5.40. The molecule has 3 heterocycles. The maximum atomic E-state index is 5.74. The third kappa shape index (κ3) is 4.09. The van der Waals surface area contributed by atoms with Gasteiger partial charge in [-0.25, -0.2) is 0 Å². The molecule has 2 aromatic rings. The van der Waals surface area contributed by atoms with E-state index >= 15 is 0 Å². The summed E-state index contributed by atoms with van der Waals surface area (Å²) in [6.07, 6.45) is 6.25. The van der Waals surface area contributed by atoms with Gasteiger partial charge in [0.2, 0.25) is 5.89 Å². The van der Waals surface area contributed by atoms with E-state index in [4.69, 9.17) is 9.26 Å². The molecule has 0 aliphatic carbocycles.